The van der Waals surface area contributed by atoms with Gasteiger partial charge in [-0.15, -0.1) is 0 Å². The molecule has 1 amide bonds. The maximum absolute atomic E-state index is 13.3. The summed E-state index contributed by atoms with van der Waals surface area (Å²) >= 11 is 0. The summed E-state index contributed by atoms with van der Waals surface area (Å²) in [6.45, 7) is 5.54. The maximum Gasteiger partial charge on any atom is 0.255 e. The molecule has 2 aliphatic rings. The van der Waals surface area contributed by atoms with Gasteiger partial charge in [-0.25, -0.2) is 0 Å². The molecule has 2 aromatic rings. The molecule has 1 aliphatic heterocycles. The van der Waals surface area contributed by atoms with E-state index >= 15 is 0 Å². The predicted octanol–water partition coefficient (Wildman–Crippen LogP) is 3.92. The first-order chi connectivity index (χ1) is 14.1. The number of piperidine rings is 1. The minimum Gasteiger partial charge on any atom is -0.381 e. The van der Waals surface area contributed by atoms with Crippen LogP contribution in [0.4, 0.5) is 0 Å². The summed E-state index contributed by atoms with van der Waals surface area (Å²) in [6.07, 6.45) is 10.2. The summed E-state index contributed by atoms with van der Waals surface area (Å²) in [5, 5.41) is 3.32. The molecule has 1 aromatic heterocycles. The Kier molecular flexibility index (Phi) is 5.67. The van der Waals surface area contributed by atoms with Gasteiger partial charge in [0.05, 0.1) is 5.66 Å². The molecule has 0 radical (unpaired) electrons. The molecule has 1 aromatic carbocycles. The van der Waals surface area contributed by atoms with Gasteiger partial charge in [-0.1, -0.05) is 31.2 Å². The SMILES string of the molecule is C=C(NCc1cccnc1)c1ccc(C(=O)N2CCCC3CCCCC32N)cc1. The molecule has 1 aliphatic carbocycles. The Bertz CT molecular complexity index is 862. The highest BCUT2D eigenvalue weighted by Gasteiger charge is 2.46. The average molecular weight is 391 g/mol. The van der Waals surface area contributed by atoms with Crippen LogP contribution in [0.3, 0.4) is 0 Å². The molecule has 5 nitrogen and oxygen atoms in total. The topological polar surface area (TPSA) is 71.2 Å². The largest absolute Gasteiger partial charge is 0.381 e. The predicted molar refractivity (Wildman–Crippen MR) is 116 cm³/mol. The van der Waals surface area contributed by atoms with Gasteiger partial charge < -0.3 is 16.0 Å². The van der Waals surface area contributed by atoms with Crippen molar-refractivity contribution < 1.29 is 4.79 Å². The molecule has 0 bridgehead atoms. The third kappa shape index (κ3) is 4.06. The van der Waals surface area contributed by atoms with Crippen molar-refractivity contribution >= 4 is 11.6 Å². The second-order valence-electron chi connectivity index (χ2n) is 8.30. The maximum atomic E-state index is 13.3. The monoisotopic (exact) mass is 390 g/mol. The Labute approximate surface area is 173 Å². The van der Waals surface area contributed by atoms with Crippen molar-refractivity contribution in [1.29, 1.82) is 0 Å². The molecule has 152 valence electrons. The number of rotatable bonds is 5. The highest BCUT2D eigenvalue weighted by Crippen LogP contribution is 2.41. The molecular weight excluding hydrogens is 360 g/mol. The molecule has 2 fully saturated rings. The number of aromatic nitrogens is 1. The van der Waals surface area contributed by atoms with Crippen molar-refractivity contribution in [3.8, 4) is 0 Å². The van der Waals surface area contributed by atoms with E-state index in [0.29, 0.717) is 18.0 Å². The van der Waals surface area contributed by atoms with Gasteiger partial charge in [0.1, 0.15) is 0 Å². The van der Waals surface area contributed by atoms with Crippen molar-refractivity contribution in [3.05, 3.63) is 72.1 Å². The minimum atomic E-state index is -0.471. The number of carbonyl (C=O) groups is 1. The zero-order valence-electron chi connectivity index (χ0n) is 16.9. The Morgan fingerprint density at radius 1 is 1.17 bits per heavy atom. The van der Waals surface area contributed by atoms with Gasteiger partial charge in [-0.3, -0.25) is 9.78 Å². The Morgan fingerprint density at radius 3 is 2.69 bits per heavy atom. The number of nitrogens with zero attached hydrogens (tertiary/aromatic N) is 2. The lowest BCUT2D eigenvalue weighted by atomic mass is 9.73. The normalized spacial score (nSPS) is 23.9. The molecule has 5 heteroatoms. The smallest absolute Gasteiger partial charge is 0.255 e. The number of nitrogens with one attached hydrogen (secondary N) is 1. The van der Waals surface area contributed by atoms with E-state index in [9.17, 15) is 4.79 Å². The summed E-state index contributed by atoms with van der Waals surface area (Å²) < 4.78 is 0. The Morgan fingerprint density at radius 2 is 1.93 bits per heavy atom. The summed E-state index contributed by atoms with van der Waals surface area (Å²) in [5.74, 6) is 0.490. The molecular formula is C24H30N4O. The third-order valence-corrected chi connectivity index (χ3v) is 6.48. The number of benzene rings is 1. The van der Waals surface area contributed by atoms with Crippen LogP contribution in [-0.4, -0.2) is 28.0 Å². The second kappa shape index (κ2) is 8.37. The quantitative estimate of drug-likeness (QED) is 0.812. The molecule has 3 N–H and O–H groups in total. The van der Waals surface area contributed by atoms with Crippen LogP contribution in [0.2, 0.25) is 0 Å². The van der Waals surface area contributed by atoms with Gasteiger partial charge in [0.2, 0.25) is 0 Å². The van der Waals surface area contributed by atoms with Gasteiger partial charge in [0, 0.05) is 36.7 Å². The Hall–Kier alpha value is -2.66. The van der Waals surface area contributed by atoms with Gasteiger partial charge in [0.15, 0.2) is 0 Å². The molecule has 1 saturated carbocycles. The van der Waals surface area contributed by atoms with Crippen LogP contribution >= 0.6 is 0 Å². The highest BCUT2D eigenvalue weighted by atomic mass is 16.2. The number of likely N-dealkylation sites (tertiary alicyclic amines) is 1. The van der Waals surface area contributed by atoms with E-state index in [-0.39, 0.29) is 5.91 Å². The van der Waals surface area contributed by atoms with E-state index in [2.05, 4.69) is 16.9 Å². The van der Waals surface area contributed by atoms with Crippen molar-refractivity contribution in [2.75, 3.05) is 6.54 Å². The molecule has 29 heavy (non-hydrogen) atoms. The van der Waals surface area contributed by atoms with Crippen LogP contribution in [0.1, 0.15) is 60.0 Å². The fourth-order valence-corrected chi connectivity index (χ4v) is 4.78. The molecule has 2 heterocycles. The van der Waals surface area contributed by atoms with Gasteiger partial charge >= 0.3 is 0 Å². The number of hydrogen-bond donors (Lipinski definition) is 2. The van der Waals surface area contributed by atoms with E-state index in [1.165, 1.54) is 6.42 Å². The van der Waals surface area contributed by atoms with Gasteiger partial charge in [-0.2, -0.15) is 0 Å². The molecule has 2 atom stereocenters. The standard InChI is InChI=1S/C24H30N4O/c1-18(27-17-19-6-4-14-26-16-19)20-9-11-21(12-10-20)23(29)28-15-5-8-22-7-2-3-13-24(22,28)25/h4,6,9-12,14,16,22,27H,1-3,5,7-8,13,15,17,25H2. The first-order valence-electron chi connectivity index (χ1n) is 10.6. The number of nitrogens with two attached hydrogens (primary N) is 1. The second-order valence-corrected chi connectivity index (χ2v) is 8.30. The summed E-state index contributed by atoms with van der Waals surface area (Å²) in [7, 11) is 0. The van der Waals surface area contributed by atoms with E-state index in [1.807, 2.05) is 47.5 Å². The summed E-state index contributed by atoms with van der Waals surface area (Å²) in [6, 6.07) is 11.6. The number of fused-ring (bicyclic) bond motifs is 1. The highest BCUT2D eigenvalue weighted by molar-refractivity contribution is 5.95. The summed E-state index contributed by atoms with van der Waals surface area (Å²) in [4.78, 5) is 19.3. The van der Waals surface area contributed by atoms with Crippen LogP contribution in [0, 0.1) is 5.92 Å². The lowest BCUT2D eigenvalue weighted by molar-refractivity contribution is -0.0170. The molecule has 4 rings (SSSR count). The van der Waals surface area contributed by atoms with Crippen LogP contribution < -0.4 is 11.1 Å². The van der Waals surface area contributed by atoms with Crippen molar-refractivity contribution in [3.63, 3.8) is 0 Å². The zero-order valence-corrected chi connectivity index (χ0v) is 16.9. The van der Waals surface area contributed by atoms with Crippen LogP contribution in [-0.2, 0) is 6.54 Å². The van der Waals surface area contributed by atoms with Gasteiger partial charge in [-0.05, 0) is 67.3 Å². The summed E-state index contributed by atoms with van der Waals surface area (Å²) in [5.41, 5.74) is 9.92. The third-order valence-electron chi connectivity index (χ3n) is 6.48. The average Bonchev–Trinajstić information content (AvgIpc) is 2.77. The van der Waals surface area contributed by atoms with Crippen LogP contribution in [0.5, 0.6) is 0 Å². The molecule has 2 unspecified atom stereocenters. The van der Waals surface area contributed by atoms with Crippen molar-refractivity contribution in [1.82, 2.24) is 15.2 Å². The first kappa shape index (κ1) is 19.6. The number of amides is 1. The first-order valence-corrected chi connectivity index (χ1v) is 10.6. The zero-order chi connectivity index (χ0) is 20.3. The van der Waals surface area contributed by atoms with Crippen LogP contribution in [0.15, 0.2) is 55.4 Å². The van der Waals surface area contributed by atoms with E-state index in [0.717, 1.165) is 55.5 Å². The molecule has 0 spiro atoms. The number of hydrogen-bond acceptors (Lipinski definition) is 4. The fourth-order valence-electron chi connectivity index (χ4n) is 4.78. The van der Waals surface area contributed by atoms with Crippen molar-refractivity contribution in [2.45, 2.75) is 50.7 Å². The lowest BCUT2D eigenvalue weighted by Gasteiger charge is -2.52. The van der Waals surface area contributed by atoms with Crippen LogP contribution in [0.25, 0.3) is 5.70 Å². The number of carbonyl (C=O) groups excluding carboxylic acids is 1. The van der Waals surface area contributed by atoms with E-state index in [4.69, 9.17) is 5.73 Å². The van der Waals surface area contributed by atoms with E-state index in [1.54, 1.807) is 6.20 Å². The van der Waals surface area contributed by atoms with E-state index < -0.39 is 5.66 Å². The fraction of sp³-hybridized carbons (Fsp3) is 0.417. The van der Waals surface area contributed by atoms with Gasteiger partial charge in [0.25, 0.3) is 5.91 Å². The lowest BCUT2D eigenvalue weighted by Crippen LogP contribution is -2.66. The number of pyridine rings is 1. The van der Waals surface area contributed by atoms with Crippen molar-refractivity contribution in [2.24, 2.45) is 11.7 Å². The minimum absolute atomic E-state index is 0.0552. The Balaban J connectivity index is 1.43. The molecule has 1 saturated heterocycles.